The lowest BCUT2D eigenvalue weighted by atomic mass is 9.88. The van der Waals surface area contributed by atoms with E-state index in [9.17, 15) is 19.8 Å². The van der Waals surface area contributed by atoms with Gasteiger partial charge in [0.05, 0.1) is 5.92 Å². The van der Waals surface area contributed by atoms with Gasteiger partial charge in [-0.15, -0.1) is 0 Å². The summed E-state index contributed by atoms with van der Waals surface area (Å²) < 4.78 is 0. The number of hydrogen-bond donors (Lipinski definition) is 4. The summed E-state index contributed by atoms with van der Waals surface area (Å²) in [6, 6.07) is 14.8. The van der Waals surface area contributed by atoms with Crippen molar-refractivity contribution in [2.75, 3.05) is 5.75 Å². The molecule has 0 aliphatic rings. The molecule has 0 bridgehead atoms. The predicted molar refractivity (Wildman–Crippen MR) is 104 cm³/mol. The lowest BCUT2D eigenvalue weighted by molar-refractivity contribution is -0.142. The Morgan fingerprint density at radius 3 is 2.23 bits per heavy atom. The van der Waals surface area contributed by atoms with Crippen LogP contribution in [0.5, 0.6) is 5.75 Å². The Morgan fingerprint density at radius 2 is 1.69 bits per heavy atom. The van der Waals surface area contributed by atoms with Gasteiger partial charge in [0.1, 0.15) is 11.8 Å². The molecule has 0 radical (unpaired) electrons. The van der Waals surface area contributed by atoms with Gasteiger partial charge in [-0.3, -0.25) is 4.79 Å². The number of carboxylic acids is 1. The Kier molecular flexibility index (Phi) is 7.09. The number of amides is 1. The highest BCUT2D eigenvalue weighted by Crippen LogP contribution is 2.25. The number of carbonyl (C=O) groups excluding carboxylic acids is 1. The van der Waals surface area contributed by atoms with Crippen LogP contribution < -0.4 is 5.32 Å². The molecule has 0 aromatic heterocycles. The van der Waals surface area contributed by atoms with E-state index in [1.807, 2.05) is 37.3 Å². The molecule has 0 saturated carbocycles. The number of nitrogens with one attached hydrogen (secondary N) is 1. The first kappa shape index (κ1) is 19.8. The highest BCUT2D eigenvalue weighted by atomic mass is 32.1. The SMILES string of the molecule is C[C@@H](c1ccccc1)[C@@H](CS)C(=O)N[C@@H](Cc1ccc(O)cc1)C(=O)O. The summed E-state index contributed by atoms with van der Waals surface area (Å²) in [5.41, 5.74) is 1.72. The van der Waals surface area contributed by atoms with E-state index in [1.54, 1.807) is 12.1 Å². The van der Waals surface area contributed by atoms with E-state index in [-0.39, 0.29) is 24.0 Å². The number of carboxylic acid groups (broad SMARTS) is 1. The number of hydrogen-bond acceptors (Lipinski definition) is 4. The average Bonchev–Trinajstić information content (AvgIpc) is 2.64. The van der Waals surface area contributed by atoms with Gasteiger partial charge in [-0.25, -0.2) is 4.79 Å². The maximum absolute atomic E-state index is 12.7. The molecule has 26 heavy (non-hydrogen) atoms. The molecule has 0 unspecified atom stereocenters. The van der Waals surface area contributed by atoms with Crippen molar-refractivity contribution in [3.63, 3.8) is 0 Å². The molecule has 5 nitrogen and oxygen atoms in total. The van der Waals surface area contributed by atoms with Crippen LogP contribution in [0, 0.1) is 5.92 Å². The molecule has 138 valence electrons. The summed E-state index contributed by atoms with van der Waals surface area (Å²) >= 11 is 4.29. The fraction of sp³-hybridized carbons (Fsp3) is 0.300. The highest BCUT2D eigenvalue weighted by Gasteiger charge is 2.29. The Bertz CT molecular complexity index is 733. The van der Waals surface area contributed by atoms with E-state index in [4.69, 9.17) is 0 Å². The fourth-order valence-electron chi connectivity index (χ4n) is 2.80. The van der Waals surface area contributed by atoms with Gasteiger partial charge in [-0.1, -0.05) is 49.4 Å². The molecule has 2 aromatic carbocycles. The minimum atomic E-state index is -1.10. The molecule has 0 heterocycles. The maximum Gasteiger partial charge on any atom is 0.326 e. The largest absolute Gasteiger partial charge is 0.508 e. The number of carbonyl (C=O) groups is 2. The van der Waals surface area contributed by atoms with E-state index in [0.29, 0.717) is 11.3 Å². The molecule has 0 fully saturated rings. The van der Waals surface area contributed by atoms with Crippen LogP contribution in [-0.4, -0.2) is 33.9 Å². The first-order valence-electron chi connectivity index (χ1n) is 8.39. The van der Waals surface area contributed by atoms with Crippen molar-refractivity contribution in [1.29, 1.82) is 0 Å². The molecule has 1 amide bonds. The monoisotopic (exact) mass is 373 g/mol. The molecule has 6 heteroatoms. The van der Waals surface area contributed by atoms with Gasteiger partial charge in [0.2, 0.25) is 5.91 Å². The third-order valence-electron chi connectivity index (χ3n) is 4.45. The molecule has 3 N–H and O–H groups in total. The molecule has 3 atom stereocenters. The van der Waals surface area contributed by atoms with E-state index >= 15 is 0 Å². The fourth-order valence-corrected chi connectivity index (χ4v) is 3.29. The molecule has 2 aromatic rings. The van der Waals surface area contributed by atoms with Crippen LogP contribution in [0.15, 0.2) is 54.6 Å². The minimum Gasteiger partial charge on any atom is -0.508 e. The first-order valence-corrected chi connectivity index (χ1v) is 9.02. The second kappa shape index (κ2) is 9.29. The molecule has 2 rings (SSSR count). The van der Waals surface area contributed by atoms with Crippen molar-refractivity contribution in [3.8, 4) is 5.75 Å². The summed E-state index contributed by atoms with van der Waals surface area (Å²) in [5.74, 6) is -1.54. The van der Waals surface area contributed by atoms with E-state index in [1.165, 1.54) is 12.1 Å². The quantitative estimate of drug-likeness (QED) is 0.536. The Balaban J connectivity index is 2.09. The number of phenols is 1. The second-order valence-electron chi connectivity index (χ2n) is 6.26. The van der Waals surface area contributed by atoms with Crippen molar-refractivity contribution >= 4 is 24.5 Å². The summed E-state index contributed by atoms with van der Waals surface area (Å²) in [7, 11) is 0. The van der Waals surface area contributed by atoms with Crippen LogP contribution in [0.4, 0.5) is 0 Å². The van der Waals surface area contributed by atoms with Crippen molar-refractivity contribution in [2.24, 2.45) is 5.92 Å². The van der Waals surface area contributed by atoms with Gasteiger partial charge in [-0.2, -0.15) is 12.6 Å². The number of aromatic hydroxyl groups is 1. The molecule has 0 spiro atoms. The number of benzene rings is 2. The zero-order valence-corrected chi connectivity index (χ0v) is 15.4. The van der Waals surface area contributed by atoms with Gasteiger partial charge >= 0.3 is 5.97 Å². The van der Waals surface area contributed by atoms with Gasteiger partial charge < -0.3 is 15.5 Å². The molecular weight excluding hydrogens is 350 g/mol. The number of aliphatic carboxylic acids is 1. The van der Waals surface area contributed by atoms with Gasteiger partial charge in [0.25, 0.3) is 0 Å². The highest BCUT2D eigenvalue weighted by molar-refractivity contribution is 7.80. The van der Waals surface area contributed by atoms with Crippen LogP contribution in [0.25, 0.3) is 0 Å². The molecular formula is C20H23NO4S. The number of phenolic OH excluding ortho intramolecular Hbond substituents is 1. The second-order valence-corrected chi connectivity index (χ2v) is 6.62. The van der Waals surface area contributed by atoms with Crippen LogP contribution in [0.3, 0.4) is 0 Å². The lowest BCUT2D eigenvalue weighted by Crippen LogP contribution is -2.46. The van der Waals surface area contributed by atoms with Crippen LogP contribution in [0.2, 0.25) is 0 Å². The first-order chi connectivity index (χ1) is 12.4. The predicted octanol–water partition coefficient (Wildman–Crippen LogP) is 2.85. The summed E-state index contributed by atoms with van der Waals surface area (Å²) in [6.45, 7) is 1.94. The molecule has 0 aliphatic carbocycles. The van der Waals surface area contributed by atoms with Gasteiger partial charge in [0.15, 0.2) is 0 Å². The minimum absolute atomic E-state index is 0.0863. The van der Waals surface area contributed by atoms with E-state index in [2.05, 4.69) is 17.9 Å². The summed E-state index contributed by atoms with van der Waals surface area (Å²) in [4.78, 5) is 24.3. The smallest absolute Gasteiger partial charge is 0.326 e. The number of thiol groups is 1. The van der Waals surface area contributed by atoms with Gasteiger partial charge in [-0.05, 0) is 29.2 Å². The maximum atomic E-state index is 12.7. The Hall–Kier alpha value is -2.47. The average molecular weight is 373 g/mol. The topological polar surface area (TPSA) is 86.6 Å². The lowest BCUT2D eigenvalue weighted by Gasteiger charge is -2.24. The zero-order chi connectivity index (χ0) is 19.1. The van der Waals surface area contributed by atoms with Crippen molar-refractivity contribution < 1.29 is 19.8 Å². The zero-order valence-electron chi connectivity index (χ0n) is 14.5. The van der Waals surface area contributed by atoms with Crippen LogP contribution >= 0.6 is 12.6 Å². The Morgan fingerprint density at radius 1 is 1.08 bits per heavy atom. The molecule has 0 aliphatic heterocycles. The Labute approximate surface area is 158 Å². The summed E-state index contributed by atoms with van der Waals surface area (Å²) in [5, 5.41) is 21.4. The van der Waals surface area contributed by atoms with E-state index in [0.717, 1.165) is 5.56 Å². The summed E-state index contributed by atoms with van der Waals surface area (Å²) in [6.07, 6.45) is 0.139. The number of rotatable bonds is 8. The normalized spacial score (nSPS) is 14.2. The van der Waals surface area contributed by atoms with E-state index < -0.39 is 17.9 Å². The van der Waals surface area contributed by atoms with Crippen molar-refractivity contribution in [2.45, 2.75) is 25.3 Å². The third kappa shape index (κ3) is 5.26. The van der Waals surface area contributed by atoms with Crippen molar-refractivity contribution in [1.82, 2.24) is 5.32 Å². The third-order valence-corrected chi connectivity index (χ3v) is 4.85. The van der Waals surface area contributed by atoms with Crippen LogP contribution in [0.1, 0.15) is 24.0 Å². The van der Waals surface area contributed by atoms with Gasteiger partial charge in [0, 0.05) is 12.2 Å². The standard InChI is InChI=1S/C20H23NO4S/c1-13(15-5-3-2-4-6-15)17(12-26)19(23)21-18(20(24)25)11-14-7-9-16(22)10-8-14/h2-10,13,17-18,22,26H,11-12H2,1H3,(H,21,23)(H,24,25)/t13-,17+,18-/m0/s1. The van der Waals surface area contributed by atoms with Crippen LogP contribution in [-0.2, 0) is 16.0 Å². The molecule has 0 saturated heterocycles. The van der Waals surface area contributed by atoms with Crippen molar-refractivity contribution in [3.05, 3.63) is 65.7 Å².